The molecule has 0 saturated carbocycles. The van der Waals surface area contributed by atoms with Crippen molar-refractivity contribution >= 4 is 29.3 Å². The number of likely N-dealkylation sites (N-methyl/N-ethyl adjacent to an activating group) is 1. The summed E-state index contributed by atoms with van der Waals surface area (Å²) in [5.74, 6) is -7.17. The highest BCUT2D eigenvalue weighted by molar-refractivity contribution is 6.07. The number of halogens is 2. The van der Waals surface area contributed by atoms with E-state index in [4.69, 9.17) is 0 Å². The number of alkyl halides is 2. The van der Waals surface area contributed by atoms with Crippen molar-refractivity contribution in [2.75, 3.05) is 18.9 Å². The van der Waals surface area contributed by atoms with E-state index in [0.29, 0.717) is 11.3 Å². The van der Waals surface area contributed by atoms with Gasteiger partial charge in [0.05, 0.1) is 11.5 Å². The topological polar surface area (TPSA) is 123 Å². The van der Waals surface area contributed by atoms with Crippen molar-refractivity contribution in [2.24, 2.45) is 11.8 Å². The van der Waals surface area contributed by atoms with Gasteiger partial charge in [-0.05, 0) is 36.8 Å². The van der Waals surface area contributed by atoms with Crippen molar-refractivity contribution in [3.8, 4) is 6.07 Å². The van der Waals surface area contributed by atoms with Gasteiger partial charge in [-0.15, -0.1) is 0 Å². The van der Waals surface area contributed by atoms with E-state index in [1.54, 1.807) is 38.1 Å². The largest absolute Gasteiger partial charge is 0.339 e. The van der Waals surface area contributed by atoms with E-state index in [0.717, 1.165) is 4.90 Å². The maximum absolute atomic E-state index is 14.3. The number of amides is 4. The predicted octanol–water partition coefficient (Wildman–Crippen LogP) is 3.06. The molecule has 1 aromatic carbocycles. The van der Waals surface area contributed by atoms with Crippen molar-refractivity contribution < 1.29 is 28.0 Å². The number of likely N-dealkylation sites (tertiary alicyclic amines) is 1. The number of hydrogen-bond acceptors (Lipinski definition) is 5. The number of nitrogens with one attached hydrogen (secondary N) is 2. The minimum atomic E-state index is -3.64. The molecule has 2 N–H and O–H groups in total. The zero-order valence-electron chi connectivity index (χ0n) is 23.3. The minimum Gasteiger partial charge on any atom is -0.339 e. The van der Waals surface area contributed by atoms with Gasteiger partial charge in [0.2, 0.25) is 17.7 Å². The molecule has 0 aromatic heterocycles. The molecule has 11 heteroatoms. The van der Waals surface area contributed by atoms with Gasteiger partial charge in [-0.3, -0.25) is 19.2 Å². The van der Waals surface area contributed by atoms with E-state index in [9.17, 15) is 33.2 Å². The lowest BCUT2D eigenvalue weighted by molar-refractivity contribution is -0.152. The summed E-state index contributed by atoms with van der Waals surface area (Å²) in [4.78, 5) is 55.0. The third-order valence-electron chi connectivity index (χ3n) is 7.43. The molecule has 1 fully saturated rings. The van der Waals surface area contributed by atoms with Crippen molar-refractivity contribution in [1.82, 2.24) is 15.1 Å². The van der Waals surface area contributed by atoms with E-state index >= 15 is 0 Å². The molecule has 39 heavy (non-hydrogen) atoms. The second-order valence-electron chi connectivity index (χ2n) is 11.5. The summed E-state index contributed by atoms with van der Waals surface area (Å²) in [7, 11) is 1.38. The smallest absolute Gasteiger partial charge is 0.324 e. The standard InChI is InChI=1S/C28H37F2N5O4/c1-16(2)11-22(34(6)23(36)18(5)32-26(39)28(29,30)12-17(3)4)24(37)35-15-27(13-19(35)14-31)20-9-7-8-10-21(20)33-25(27)38/h7-10,16-19,22H,11-13,15H2,1-6H3,(H,32,39)(H,33,38)/t18-,19-,22-,27-/m0/s1. The molecule has 1 saturated heterocycles. The number of carbonyl (C=O) groups excluding carboxylic acids is 4. The van der Waals surface area contributed by atoms with Crippen LogP contribution < -0.4 is 10.6 Å². The van der Waals surface area contributed by atoms with E-state index in [2.05, 4.69) is 16.7 Å². The Hall–Kier alpha value is -3.55. The average molecular weight is 546 g/mol. The molecule has 0 unspecified atom stereocenters. The molecule has 9 nitrogen and oxygen atoms in total. The second-order valence-corrected chi connectivity index (χ2v) is 11.5. The Morgan fingerprint density at radius 3 is 2.44 bits per heavy atom. The van der Waals surface area contributed by atoms with Gasteiger partial charge in [0.25, 0.3) is 5.91 Å². The number of hydrogen-bond donors (Lipinski definition) is 2. The van der Waals surface area contributed by atoms with Gasteiger partial charge in [-0.25, -0.2) is 0 Å². The van der Waals surface area contributed by atoms with Gasteiger partial charge in [0.1, 0.15) is 18.1 Å². The fraction of sp³-hybridized carbons (Fsp3) is 0.607. The van der Waals surface area contributed by atoms with Crippen LogP contribution in [-0.4, -0.2) is 71.1 Å². The minimum absolute atomic E-state index is 0.0305. The molecule has 4 atom stereocenters. The highest BCUT2D eigenvalue weighted by Crippen LogP contribution is 2.46. The molecule has 2 heterocycles. The number of rotatable bonds is 9. The lowest BCUT2D eigenvalue weighted by atomic mass is 9.80. The molecule has 4 amide bonds. The monoisotopic (exact) mass is 545 g/mol. The summed E-state index contributed by atoms with van der Waals surface area (Å²) < 4.78 is 28.5. The van der Waals surface area contributed by atoms with Crippen molar-refractivity contribution in [3.63, 3.8) is 0 Å². The van der Waals surface area contributed by atoms with Crippen LogP contribution in [-0.2, 0) is 24.6 Å². The van der Waals surface area contributed by atoms with Crippen LogP contribution in [0.25, 0.3) is 0 Å². The fourth-order valence-corrected chi connectivity index (χ4v) is 5.48. The number of benzene rings is 1. The molecule has 2 aliphatic rings. The maximum atomic E-state index is 14.3. The summed E-state index contributed by atoms with van der Waals surface area (Å²) in [5.41, 5.74) is 0.272. The van der Waals surface area contributed by atoms with Gasteiger partial charge in [-0.1, -0.05) is 45.9 Å². The molecular weight excluding hydrogens is 508 g/mol. The normalized spacial score (nSPS) is 21.9. The zero-order valence-corrected chi connectivity index (χ0v) is 23.3. The molecule has 0 radical (unpaired) electrons. The van der Waals surface area contributed by atoms with Crippen LogP contribution in [0.5, 0.6) is 0 Å². The number of anilines is 1. The maximum Gasteiger partial charge on any atom is 0.324 e. The Morgan fingerprint density at radius 2 is 1.85 bits per heavy atom. The number of carbonyl (C=O) groups is 4. The summed E-state index contributed by atoms with van der Waals surface area (Å²) in [6.45, 7) is 8.13. The lowest BCUT2D eigenvalue weighted by Gasteiger charge is -2.34. The van der Waals surface area contributed by atoms with Gasteiger partial charge < -0.3 is 20.4 Å². The van der Waals surface area contributed by atoms with Crippen LogP contribution in [0.3, 0.4) is 0 Å². The SMILES string of the molecule is CC(C)C[C@@H](C(=O)N1C[C@]2(C[C@H]1C#N)C(=O)Nc1ccccc12)N(C)C(=O)[C@H](C)NC(=O)C(F)(F)CC(C)C. The third-order valence-corrected chi connectivity index (χ3v) is 7.43. The van der Waals surface area contributed by atoms with Crippen LogP contribution in [0.2, 0.25) is 0 Å². The Bertz CT molecular complexity index is 1180. The van der Waals surface area contributed by atoms with Crippen LogP contribution in [0.1, 0.15) is 59.4 Å². The molecular formula is C28H37F2N5O4. The summed E-state index contributed by atoms with van der Waals surface area (Å²) in [5, 5.41) is 14.9. The molecule has 2 aliphatic heterocycles. The van der Waals surface area contributed by atoms with E-state index in [1.165, 1.54) is 18.9 Å². The van der Waals surface area contributed by atoms with E-state index in [-0.39, 0.29) is 31.2 Å². The van der Waals surface area contributed by atoms with Gasteiger partial charge in [-0.2, -0.15) is 14.0 Å². The van der Waals surface area contributed by atoms with E-state index < -0.39 is 59.5 Å². The summed E-state index contributed by atoms with van der Waals surface area (Å²) in [6, 6.07) is 6.04. The molecule has 1 aromatic rings. The van der Waals surface area contributed by atoms with Crippen molar-refractivity contribution in [3.05, 3.63) is 29.8 Å². The quantitative estimate of drug-likeness (QED) is 0.494. The number of para-hydroxylation sites is 1. The molecule has 212 valence electrons. The van der Waals surface area contributed by atoms with Crippen LogP contribution in [0, 0.1) is 23.2 Å². The molecule has 0 aliphatic carbocycles. The number of fused-ring (bicyclic) bond motifs is 2. The molecule has 0 bridgehead atoms. The van der Waals surface area contributed by atoms with Crippen molar-refractivity contribution in [1.29, 1.82) is 5.26 Å². The first-order valence-corrected chi connectivity index (χ1v) is 13.2. The van der Waals surface area contributed by atoms with Gasteiger partial charge in [0.15, 0.2) is 0 Å². The van der Waals surface area contributed by atoms with Crippen molar-refractivity contribution in [2.45, 2.75) is 83.3 Å². The highest BCUT2D eigenvalue weighted by Gasteiger charge is 2.56. The number of nitriles is 1. The van der Waals surface area contributed by atoms with Crippen LogP contribution >= 0.6 is 0 Å². The van der Waals surface area contributed by atoms with Crippen LogP contribution in [0.15, 0.2) is 24.3 Å². The summed E-state index contributed by atoms with van der Waals surface area (Å²) >= 11 is 0. The van der Waals surface area contributed by atoms with E-state index in [1.807, 2.05) is 13.8 Å². The van der Waals surface area contributed by atoms with Gasteiger partial charge >= 0.3 is 5.92 Å². The second kappa shape index (κ2) is 11.3. The Balaban J connectivity index is 1.84. The lowest BCUT2D eigenvalue weighted by Crippen LogP contribution is -2.56. The predicted molar refractivity (Wildman–Crippen MR) is 141 cm³/mol. The Labute approximate surface area is 227 Å². The molecule has 3 rings (SSSR count). The van der Waals surface area contributed by atoms with Crippen LogP contribution in [0.4, 0.5) is 14.5 Å². The highest BCUT2D eigenvalue weighted by atomic mass is 19.3. The zero-order chi connectivity index (χ0) is 29.3. The average Bonchev–Trinajstić information content (AvgIpc) is 3.38. The summed E-state index contributed by atoms with van der Waals surface area (Å²) in [6.07, 6.45) is -0.315. The Morgan fingerprint density at radius 1 is 1.21 bits per heavy atom. The fourth-order valence-electron chi connectivity index (χ4n) is 5.48. The number of nitrogens with zero attached hydrogens (tertiary/aromatic N) is 3. The first kappa shape index (κ1) is 30.0. The Kier molecular flexibility index (Phi) is 8.68. The first-order valence-electron chi connectivity index (χ1n) is 13.2. The molecule has 1 spiro atoms. The third kappa shape index (κ3) is 5.89. The first-order chi connectivity index (χ1) is 18.1. The van der Waals surface area contributed by atoms with Gasteiger partial charge in [0, 0.05) is 32.1 Å².